The summed E-state index contributed by atoms with van der Waals surface area (Å²) in [6.07, 6.45) is 0.741. The van der Waals surface area contributed by atoms with Gasteiger partial charge in [0.05, 0.1) is 12.7 Å². The molecule has 1 aromatic rings. The Balaban J connectivity index is 2.60. The molecule has 0 fully saturated rings. The fraction of sp³-hybridized carbons (Fsp3) is 0.571. The number of hydrogen-bond donors (Lipinski definition) is 2. The summed E-state index contributed by atoms with van der Waals surface area (Å²) in [7, 11) is 1.67. The molecule has 3 heteroatoms. The summed E-state index contributed by atoms with van der Waals surface area (Å²) in [5.41, 5.74) is 0.517. The van der Waals surface area contributed by atoms with Crippen molar-refractivity contribution in [3.8, 4) is 5.75 Å². The van der Waals surface area contributed by atoms with Crippen LogP contribution in [0.1, 0.15) is 38.8 Å². The normalized spacial score (nSPS) is 16.3. The Kier molecular flexibility index (Phi) is 4.97. The van der Waals surface area contributed by atoms with Crippen molar-refractivity contribution >= 4 is 0 Å². The van der Waals surface area contributed by atoms with Crippen molar-refractivity contribution in [2.24, 2.45) is 0 Å². The largest absolute Gasteiger partial charge is 0.497 e. The number of hydrogen-bond acceptors (Lipinski definition) is 3. The number of methoxy groups -OCH3 is 1. The van der Waals surface area contributed by atoms with Gasteiger partial charge in [0, 0.05) is 12.6 Å². The maximum absolute atomic E-state index is 9.93. The lowest BCUT2D eigenvalue weighted by atomic mass is 10.0. The highest BCUT2D eigenvalue weighted by Gasteiger charge is 2.18. The van der Waals surface area contributed by atoms with Gasteiger partial charge < -0.3 is 15.2 Å². The fourth-order valence-electron chi connectivity index (χ4n) is 1.53. The number of benzene rings is 1. The Morgan fingerprint density at radius 1 is 1.47 bits per heavy atom. The first-order valence-electron chi connectivity index (χ1n) is 6.08. The molecule has 0 bridgehead atoms. The Morgan fingerprint density at radius 3 is 2.76 bits per heavy atom. The van der Waals surface area contributed by atoms with E-state index in [0.29, 0.717) is 6.54 Å². The summed E-state index contributed by atoms with van der Waals surface area (Å²) < 4.78 is 5.19. The smallest absolute Gasteiger partial charge is 0.119 e. The van der Waals surface area contributed by atoms with E-state index in [2.05, 4.69) is 18.3 Å². The molecule has 1 aromatic carbocycles. The second-order valence-corrected chi connectivity index (χ2v) is 4.73. The predicted octanol–water partition coefficient (Wildman–Crippen LogP) is 2.51. The third-order valence-corrected chi connectivity index (χ3v) is 3.14. The van der Waals surface area contributed by atoms with Crippen molar-refractivity contribution in [2.45, 2.75) is 38.8 Å². The molecule has 0 aliphatic rings. The lowest BCUT2D eigenvalue weighted by Crippen LogP contribution is -2.38. The average Bonchev–Trinajstić information content (AvgIpc) is 2.36. The van der Waals surface area contributed by atoms with Gasteiger partial charge in [-0.3, -0.25) is 0 Å². The van der Waals surface area contributed by atoms with Crippen molar-refractivity contribution in [3.05, 3.63) is 29.8 Å². The summed E-state index contributed by atoms with van der Waals surface area (Å²) in [6, 6.07) is 8.17. The highest BCUT2D eigenvalue weighted by molar-refractivity contribution is 5.30. The molecule has 0 aliphatic heterocycles. The molecule has 1 rings (SSSR count). The molecule has 2 atom stereocenters. The van der Waals surface area contributed by atoms with Crippen molar-refractivity contribution < 1.29 is 9.84 Å². The van der Waals surface area contributed by atoms with Gasteiger partial charge >= 0.3 is 0 Å². The molecule has 1 unspecified atom stereocenters. The van der Waals surface area contributed by atoms with E-state index in [1.54, 1.807) is 7.11 Å². The zero-order chi connectivity index (χ0) is 12.9. The third kappa shape index (κ3) is 4.36. The molecule has 0 heterocycles. The summed E-state index contributed by atoms with van der Waals surface area (Å²) in [5, 5.41) is 13.3. The van der Waals surface area contributed by atoms with E-state index >= 15 is 0 Å². The summed E-state index contributed by atoms with van der Waals surface area (Å²) in [4.78, 5) is 0. The molecule has 0 saturated heterocycles. The van der Waals surface area contributed by atoms with Gasteiger partial charge in [-0.1, -0.05) is 19.1 Å². The molecule has 96 valence electrons. The molecule has 0 radical (unpaired) electrons. The Labute approximate surface area is 104 Å². The summed E-state index contributed by atoms with van der Waals surface area (Å²) in [5.74, 6) is 0.860. The number of ether oxygens (including phenoxy) is 1. The number of aliphatic hydroxyl groups is 1. The van der Waals surface area contributed by atoms with E-state index < -0.39 is 5.60 Å². The van der Waals surface area contributed by atoms with Crippen LogP contribution in [0.25, 0.3) is 0 Å². The molecule has 0 spiro atoms. The first kappa shape index (κ1) is 14.0. The Morgan fingerprint density at radius 2 is 2.18 bits per heavy atom. The van der Waals surface area contributed by atoms with Gasteiger partial charge in [-0.2, -0.15) is 0 Å². The maximum Gasteiger partial charge on any atom is 0.119 e. The van der Waals surface area contributed by atoms with Gasteiger partial charge in [0.1, 0.15) is 5.75 Å². The van der Waals surface area contributed by atoms with E-state index in [-0.39, 0.29) is 6.04 Å². The minimum atomic E-state index is -0.646. The predicted molar refractivity (Wildman–Crippen MR) is 70.3 cm³/mol. The van der Waals surface area contributed by atoms with Crippen LogP contribution in [0.15, 0.2) is 24.3 Å². The molecule has 0 aromatic heterocycles. The van der Waals surface area contributed by atoms with Gasteiger partial charge in [0.2, 0.25) is 0 Å². The van der Waals surface area contributed by atoms with E-state index in [1.165, 1.54) is 0 Å². The Hall–Kier alpha value is -1.06. The first-order valence-corrected chi connectivity index (χ1v) is 6.08. The zero-order valence-corrected chi connectivity index (χ0v) is 11.2. The minimum absolute atomic E-state index is 0.197. The van der Waals surface area contributed by atoms with Crippen LogP contribution in [0.3, 0.4) is 0 Å². The van der Waals surface area contributed by atoms with E-state index in [0.717, 1.165) is 17.7 Å². The van der Waals surface area contributed by atoms with Crippen LogP contribution in [-0.2, 0) is 0 Å². The molecule has 0 aliphatic carbocycles. The van der Waals surface area contributed by atoms with Crippen LogP contribution in [0.4, 0.5) is 0 Å². The second kappa shape index (κ2) is 6.03. The maximum atomic E-state index is 9.93. The van der Waals surface area contributed by atoms with Crippen LogP contribution in [0, 0.1) is 0 Å². The highest BCUT2D eigenvalue weighted by Crippen LogP contribution is 2.19. The Bertz CT molecular complexity index is 350. The number of rotatable bonds is 6. The SMILES string of the molecule is CCC(C)(O)CN[C@H](C)c1cccc(OC)c1. The topological polar surface area (TPSA) is 41.5 Å². The van der Waals surface area contributed by atoms with Gasteiger partial charge in [-0.15, -0.1) is 0 Å². The summed E-state index contributed by atoms with van der Waals surface area (Å²) in [6.45, 7) is 6.50. The number of nitrogens with one attached hydrogen (secondary N) is 1. The van der Waals surface area contributed by atoms with E-state index in [1.807, 2.05) is 32.0 Å². The molecule has 0 saturated carbocycles. The average molecular weight is 237 g/mol. The second-order valence-electron chi connectivity index (χ2n) is 4.73. The van der Waals surface area contributed by atoms with Crippen LogP contribution in [0.2, 0.25) is 0 Å². The standard InChI is InChI=1S/C14H23NO2/c1-5-14(3,16)10-15-11(2)12-7-6-8-13(9-12)17-4/h6-9,11,15-16H,5,10H2,1-4H3/t11-,14?/m1/s1. The van der Waals surface area contributed by atoms with Crippen molar-refractivity contribution in [1.82, 2.24) is 5.32 Å². The molecular formula is C14H23NO2. The molecule has 3 nitrogen and oxygen atoms in total. The highest BCUT2D eigenvalue weighted by atomic mass is 16.5. The van der Waals surface area contributed by atoms with Gasteiger partial charge in [0.25, 0.3) is 0 Å². The van der Waals surface area contributed by atoms with Gasteiger partial charge in [0.15, 0.2) is 0 Å². The van der Waals surface area contributed by atoms with Gasteiger partial charge in [-0.05, 0) is 38.0 Å². The van der Waals surface area contributed by atoms with Crippen molar-refractivity contribution in [3.63, 3.8) is 0 Å². The van der Waals surface area contributed by atoms with Crippen LogP contribution in [0.5, 0.6) is 5.75 Å². The molecule has 0 amide bonds. The lowest BCUT2D eigenvalue weighted by Gasteiger charge is -2.24. The molecular weight excluding hydrogens is 214 g/mol. The summed E-state index contributed by atoms with van der Waals surface area (Å²) >= 11 is 0. The molecule has 17 heavy (non-hydrogen) atoms. The van der Waals surface area contributed by atoms with E-state index in [4.69, 9.17) is 4.74 Å². The van der Waals surface area contributed by atoms with Crippen molar-refractivity contribution in [1.29, 1.82) is 0 Å². The zero-order valence-electron chi connectivity index (χ0n) is 11.2. The van der Waals surface area contributed by atoms with Crippen molar-refractivity contribution in [2.75, 3.05) is 13.7 Å². The van der Waals surface area contributed by atoms with E-state index in [9.17, 15) is 5.11 Å². The van der Waals surface area contributed by atoms with Crippen LogP contribution < -0.4 is 10.1 Å². The van der Waals surface area contributed by atoms with Crippen LogP contribution in [-0.4, -0.2) is 24.4 Å². The lowest BCUT2D eigenvalue weighted by molar-refractivity contribution is 0.0533. The third-order valence-electron chi connectivity index (χ3n) is 3.14. The quantitative estimate of drug-likeness (QED) is 0.798. The monoisotopic (exact) mass is 237 g/mol. The van der Waals surface area contributed by atoms with Gasteiger partial charge in [-0.25, -0.2) is 0 Å². The first-order chi connectivity index (χ1) is 7.98. The minimum Gasteiger partial charge on any atom is -0.497 e. The van der Waals surface area contributed by atoms with Crippen LogP contribution >= 0.6 is 0 Å². The molecule has 2 N–H and O–H groups in total. The fourth-order valence-corrected chi connectivity index (χ4v) is 1.53.